The molecule has 0 aliphatic heterocycles. The van der Waals surface area contributed by atoms with Crippen LogP contribution in [-0.2, 0) is 6.54 Å². The third-order valence-electron chi connectivity index (χ3n) is 0.658. The van der Waals surface area contributed by atoms with Crippen LogP contribution < -0.4 is 5.73 Å². The normalized spacial score (nSPS) is 8.12. The minimum absolute atomic E-state index is 0. The monoisotopic (exact) mass is 134 g/mol. The average molecular weight is 135 g/mol. The van der Waals surface area contributed by atoms with Gasteiger partial charge in [-0.25, -0.2) is 4.98 Å². The lowest BCUT2D eigenvalue weighted by atomic mass is 10.6. The summed E-state index contributed by atoms with van der Waals surface area (Å²) in [7, 11) is 0. The van der Waals surface area contributed by atoms with Crippen molar-refractivity contribution in [2.45, 2.75) is 6.54 Å². The molecule has 1 rings (SSSR count). The van der Waals surface area contributed by atoms with Gasteiger partial charge in [0.1, 0.15) is 12.2 Å². The molecular weight excluding hydrogens is 128 g/mol. The van der Waals surface area contributed by atoms with Crippen molar-refractivity contribution >= 4 is 12.4 Å². The molecule has 0 radical (unpaired) electrons. The second kappa shape index (κ2) is 3.40. The summed E-state index contributed by atoms with van der Waals surface area (Å²) in [6.45, 7) is 0.431. The molecule has 0 unspecified atom stereocenters. The quantitative estimate of drug-likeness (QED) is 0.554. The van der Waals surface area contributed by atoms with Gasteiger partial charge in [0.25, 0.3) is 0 Å². The molecule has 0 spiro atoms. The molecule has 0 aromatic carbocycles. The molecule has 5 heteroatoms. The van der Waals surface area contributed by atoms with E-state index in [1.807, 2.05) is 0 Å². The van der Waals surface area contributed by atoms with Crippen molar-refractivity contribution in [2.24, 2.45) is 5.73 Å². The fourth-order valence-corrected chi connectivity index (χ4v) is 0.329. The fourth-order valence-electron chi connectivity index (χ4n) is 0.329. The first-order valence-electron chi connectivity index (χ1n) is 1.98. The second-order valence-corrected chi connectivity index (χ2v) is 1.14. The van der Waals surface area contributed by atoms with Crippen LogP contribution in [0.4, 0.5) is 0 Å². The van der Waals surface area contributed by atoms with Crippen molar-refractivity contribution in [2.75, 3.05) is 0 Å². The smallest absolute Gasteiger partial charge is 0.137 e. The molecule has 0 amide bonds. The van der Waals surface area contributed by atoms with E-state index in [-0.39, 0.29) is 12.4 Å². The van der Waals surface area contributed by atoms with Gasteiger partial charge in [0, 0.05) is 0 Å². The molecule has 0 bridgehead atoms. The Hall–Kier alpha value is -0.610. The highest BCUT2D eigenvalue weighted by molar-refractivity contribution is 5.85. The number of hydrogen-bond donors (Lipinski definition) is 2. The molecule has 0 atom stereocenters. The molecule has 4 nitrogen and oxygen atoms in total. The molecule has 1 aromatic heterocycles. The number of hydrogen-bond acceptors (Lipinski definition) is 3. The second-order valence-electron chi connectivity index (χ2n) is 1.14. The van der Waals surface area contributed by atoms with E-state index in [1.54, 1.807) is 0 Å². The van der Waals surface area contributed by atoms with Gasteiger partial charge >= 0.3 is 0 Å². The Kier molecular flexibility index (Phi) is 3.14. The van der Waals surface area contributed by atoms with Crippen molar-refractivity contribution < 1.29 is 0 Å². The van der Waals surface area contributed by atoms with E-state index in [0.717, 1.165) is 5.82 Å². The Balaban J connectivity index is 0.000000490. The number of halogens is 1. The minimum Gasteiger partial charge on any atom is -0.324 e. The van der Waals surface area contributed by atoms with Crippen molar-refractivity contribution in [1.82, 2.24) is 15.2 Å². The highest BCUT2D eigenvalue weighted by atomic mass is 35.5. The van der Waals surface area contributed by atoms with E-state index in [9.17, 15) is 0 Å². The molecule has 0 saturated carbocycles. The van der Waals surface area contributed by atoms with Gasteiger partial charge in [-0.2, -0.15) is 5.10 Å². The van der Waals surface area contributed by atoms with Gasteiger partial charge < -0.3 is 5.73 Å². The minimum atomic E-state index is 0. The Labute approximate surface area is 52.9 Å². The number of nitrogens with two attached hydrogens (primary N) is 1. The number of nitrogens with zero attached hydrogens (tertiary/aromatic N) is 2. The first kappa shape index (κ1) is 7.39. The number of H-pyrrole nitrogens is 1. The van der Waals surface area contributed by atoms with E-state index >= 15 is 0 Å². The van der Waals surface area contributed by atoms with Crippen LogP contribution in [0.5, 0.6) is 0 Å². The topological polar surface area (TPSA) is 67.6 Å². The lowest BCUT2D eigenvalue weighted by Gasteiger charge is -1.78. The number of rotatable bonds is 1. The SMILES string of the molecule is Cl.NCc1ncn[nH]1. The summed E-state index contributed by atoms with van der Waals surface area (Å²) in [5.41, 5.74) is 5.16. The largest absolute Gasteiger partial charge is 0.324 e. The van der Waals surface area contributed by atoms with Crippen LogP contribution in [0.3, 0.4) is 0 Å². The van der Waals surface area contributed by atoms with E-state index in [2.05, 4.69) is 15.2 Å². The van der Waals surface area contributed by atoms with Crippen LogP contribution in [0.2, 0.25) is 0 Å². The molecule has 1 aromatic rings. The predicted molar refractivity (Wildman–Crippen MR) is 31.5 cm³/mol. The van der Waals surface area contributed by atoms with E-state index < -0.39 is 0 Å². The molecule has 46 valence electrons. The van der Waals surface area contributed by atoms with Gasteiger partial charge in [-0.15, -0.1) is 12.4 Å². The summed E-state index contributed by atoms with van der Waals surface area (Å²) in [6.07, 6.45) is 1.43. The average Bonchev–Trinajstić information content (AvgIpc) is 2.14. The zero-order valence-electron chi connectivity index (χ0n) is 4.16. The summed E-state index contributed by atoms with van der Waals surface area (Å²) < 4.78 is 0. The van der Waals surface area contributed by atoms with E-state index in [0.29, 0.717) is 6.54 Å². The van der Waals surface area contributed by atoms with Gasteiger partial charge in [-0.3, -0.25) is 5.10 Å². The lowest BCUT2D eigenvalue weighted by Crippen LogP contribution is -1.97. The Morgan fingerprint density at radius 2 is 2.50 bits per heavy atom. The Morgan fingerprint density at radius 1 is 1.75 bits per heavy atom. The third-order valence-corrected chi connectivity index (χ3v) is 0.658. The maximum atomic E-state index is 5.16. The lowest BCUT2D eigenvalue weighted by molar-refractivity contribution is 0.917. The molecule has 8 heavy (non-hydrogen) atoms. The standard InChI is InChI=1S/C3H6N4.ClH/c4-1-3-5-2-6-7-3;/h2H,1,4H2,(H,5,6,7);1H. The van der Waals surface area contributed by atoms with Crippen molar-refractivity contribution in [3.8, 4) is 0 Å². The summed E-state index contributed by atoms with van der Waals surface area (Å²) in [5, 5.41) is 6.18. The Morgan fingerprint density at radius 3 is 2.75 bits per heavy atom. The van der Waals surface area contributed by atoms with Crippen LogP contribution in [-0.4, -0.2) is 15.2 Å². The predicted octanol–water partition coefficient (Wildman–Crippen LogP) is -0.315. The zero-order chi connectivity index (χ0) is 5.11. The van der Waals surface area contributed by atoms with Crippen LogP contribution in [0.1, 0.15) is 5.82 Å². The molecule has 1 heterocycles. The van der Waals surface area contributed by atoms with Gasteiger partial charge in [-0.05, 0) is 0 Å². The van der Waals surface area contributed by atoms with Crippen LogP contribution in [0.15, 0.2) is 6.33 Å². The Bertz CT molecular complexity index is 126. The molecule has 0 saturated heterocycles. The molecule has 0 aliphatic carbocycles. The zero-order valence-corrected chi connectivity index (χ0v) is 4.98. The van der Waals surface area contributed by atoms with E-state index in [4.69, 9.17) is 5.73 Å². The molecular formula is C3H7ClN4. The van der Waals surface area contributed by atoms with Crippen LogP contribution in [0.25, 0.3) is 0 Å². The highest BCUT2D eigenvalue weighted by Gasteiger charge is 1.84. The van der Waals surface area contributed by atoms with Gasteiger partial charge in [0.15, 0.2) is 0 Å². The van der Waals surface area contributed by atoms with Gasteiger partial charge in [-0.1, -0.05) is 0 Å². The van der Waals surface area contributed by atoms with E-state index in [1.165, 1.54) is 6.33 Å². The number of aromatic nitrogens is 3. The maximum Gasteiger partial charge on any atom is 0.137 e. The summed E-state index contributed by atoms with van der Waals surface area (Å²) in [4.78, 5) is 3.74. The number of nitrogens with one attached hydrogen (secondary N) is 1. The van der Waals surface area contributed by atoms with Crippen molar-refractivity contribution in [1.29, 1.82) is 0 Å². The fraction of sp³-hybridized carbons (Fsp3) is 0.333. The molecule has 0 aliphatic rings. The first-order chi connectivity index (χ1) is 3.43. The highest BCUT2D eigenvalue weighted by Crippen LogP contribution is 1.76. The van der Waals surface area contributed by atoms with Crippen molar-refractivity contribution in [3.05, 3.63) is 12.2 Å². The maximum absolute atomic E-state index is 5.16. The summed E-state index contributed by atoms with van der Waals surface area (Å²) in [5.74, 6) is 0.722. The third kappa shape index (κ3) is 1.48. The van der Waals surface area contributed by atoms with Gasteiger partial charge in [0.2, 0.25) is 0 Å². The van der Waals surface area contributed by atoms with Gasteiger partial charge in [0.05, 0.1) is 6.54 Å². The van der Waals surface area contributed by atoms with Crippen molar-refractivity contribution in [3.63, 3.8) is 0 Å². The van der Waals surface area contributed by atoms with Crippen LogP contribution in [0, 0.1) is 0 Å². The first-order valence-corrected chi connectivity index (χ1v) is 1.98. The molecule has 3 N–H and O–H groups in total. The molecule has 0 fully saturated rings. The van der Waals surface area contributed by atoms with Crippen LogP contribution >= 0.6 is 12.4 Å². The summed E-state index contributed by atoms with van der Waals surface area (Å²) >= 11 is 0. The number of aromatic amines is 1. The summed E-state index contributed by atoms with van der Waals surface area (Å²) in [6, 6.07) is 0.